The highest BCUT2D eigenvalue weighted by molar-refractivity contribution is 9.10. The Kier molecular flexibility index (Phi) is 4.99. The van der Waals surface area contributed by atoms with Crippen molar-refractivity contribution in [3.8, 4) is 0 Å². The van der Waals surface area contributed by atoms with Gasteiger partial charge in [-0.3, -0.25) is 4.79 Å². The molecule has 0 heterocycles. The van der Waals surface area contributed by atoms with Crippen molar-refractivity contribution in [2.24, 2.45) is 5.92 Å². The summed E-state index contributed by atoms with van der Waals surface area (Å²) in [7, 11) is 4.17. The Morgan fingerprint density at radius 3 is 2.53 bits per heavy atom. The van der Waals surface area contributed by atoms with Crippen LogP contribution < -0.4 is 5.32 Å². The molecule has 0 bridgehead atoms. The molecule has 2 rings (SSSR count). The number of carbonyl (C=O) groups excluding carboxylic acids is 1. The number of halogens is 1. The summed E-state index contributed by atoms with van der Waals surface area (Å²) in [6.45, 7) is 0.757. The molecule has 1 aromatic rings. The fourth-order valence-electron chi connectivity index (χ4n) is 2.32. The lowest BCUT2D eigenvalue weighted by Crippen LogP contribution is -2.42. The van der Waals surface area contributed by atoms with Gasteiger partial charge in [0.2, 0.25) is 5.91 Å². The smallest absolute Gasteiger partial charge is 0.224 e. The summed E-state index contributed by atoms with van der Waals surface area (Å²) >= 11 is 3.39. The summed E-state index contributed by atoms with van der Waals surface area (Å²) in [4.78, 5) is 14.1. The van der Waals surface area contributed by atoms with Crippen molar-refractivity contribution < 1.29 is 4.79 Å². The molecule has 19 heavy (non-hydrogen) atoms. The lowest BCUT2D eigenvalue weighted by molar-refractivity contribution is -0.120. The molecule has 1 aromatic carbocycles. The second-order valence-corrected chi connectivity index (χ2v) is 6.39. The molecule has 1 saturated carbocycles. The SMILES string of the molecule is CN(C)C(CNC(=O)Cc1ccc(Br)cc1)C1CC1. The molecule has 0 aliphatic heterocycles. The second-order valence-electron chi connectivity index (χ2n) is 5.48. The first-order valence-electron chi connectivity index (χ1n) is 6.74. The van der Waals surface area contributed by atoms with E-state index in [1.807, 2.05) is 24.3 Å². The first-order chi connectivity index (χ1) is 9.06. The maximum atomic E-state index is 11.9. The van der Waals surface area contributed by atoms with Crippen LogP contribution in [0.5, 0.6) is 0 Å². The number of likely N-dealkylation sites (N-methyl/N-ethyl adjacent to an activating group) is 1. The maximum Gasteiger partial charge on any atom is 0.224 e. The van der Waals surface area contributed by atoms with Gasteiger partial charge in [-0.15, -0.1) is 0 Å². The number of amides is 1. The predicted octanol–water partition coefficient (Wildman–Crippen LogP) is 2.45. The summed E-state index contributed by atoms with van der Waals surface area (Å²) in [5, 5.41) is 3.06. The van der Waals surface area contributed by atoms with Gasteiger partial charge in [-0.25, -0.2) is 0 Å². The third kappa shape index (κ3) is 4.62. The summed E-state index contributed by atoms with van der Waals surface area (Å²) in [6.07, 6.45) is 3.05. The van der Waals surface area contributed by atoms with Gasteiger partial charge in [-0.05, 0) is 50.6 Å². The highest BCUT2D eigenvalue weighted by atomic mass is 79.9. The van der Waals surface area contributed by atoms with Crippen molar-refractivity contribution in [2.75, 3.05) is 20.6 Å². The fourth-order valence-corrected chi connectivity index (χ4v) is 2.58. The predicted molar refractivity (Wildman–Crippen MR) is 81.1 cm³/mol. The Hall–Kier alpha value is -0.870. The number of hydrogen-bond donors (Lipinski definition) is 1. The van der Waals surface area contributed by atoms with Crippen molar-refractivity contribution in [3.05, 3.63) is 34.3 Å². The van der Waals surface area contributed by atoms with Crippen LogP contribution in [0.15, 0.2) is 28.7 Å². The van der Waals surface area contributed by atoms with Gasteiger partial charge in [-0.1, -0.05) is 28.1 Å². The molecule has 1 N–H and O–H groups in total. The molecular formula is C15H21BrN2O. The van der Waals surface area contributed by atoms with Gasteiger partial charge in [0, 0.05) is 17.1 Å². The topological polar surface area (TPSA) is 32.3 Å². The van der Waals surface area contributed by atoms with Gasteiger partial charge in [0.05, 0.1) is 6.42 Å². The lowest BCUT2D eigenvalue weighted by atomic mass is 10.1. The third-order valence-corrected chi connectivity index (χ3v) is 4.14. The van der Waals surface area contributed by atoms with Crippen molar-refractivity contribution >= 4 is 21.8 Å². The van der Waals surface area contributed by atoms with Crippen LogP contribution in [-0.4, -0.2) is 37.5 Å². The Bertz CT molecular complexity index is 424. The Morgan fingerprint density at radius 2 is 2.00 bits per heavy atom. The third-order valence-electron chi connectivity index (χ3n) is 3.62. The molecule has 1 atom stereocenters. The van der Waals surface area contributed by atoms with Crippen LogP contribution >= 0.6 is 15.9 Å². The van der Waals surface area contributed by atoms with E-state index in [-0.39, 0.29) is 5.91 Å². The van der Waals surface area contributed by atoms with Crippen molar-refractivity contribution in [1.29, 1.82) is 0 Å². The number of nitrogens with zero attached hydrogens (tertiary/aromatic N) is 1. The minimum atomic E-state index is 0.106. The van der Waals surface area contributed by atoms with Gasteiger partial charge in [0.25, 0.3) is 0 Å². The van der Waals surface area contributed by atoms with E-state index in [1.54, 1.807) is 0 Å². The minimum Gasteiger partial charge on any atom is -0.354 e. The molecule has 1 unspecified atom stereocenters. The van der Waals surface area contributed by atoms with E-state index in [0.717, 1.165) is 22.5 Å². The van der Waals surface area contributed by atoms with Crippen LogP contribution in [0.25, 0.3) is 0 Å². The molecule has 0 aromatic heterocycles. The van der Waals surface area contributed by atoms with Gasteiger partial charge in [0.15, 0.2) is 0 Å². The molecule has 1 aliphatic carbocycles. The van der Waals surface area contributed by atoms with Crippen LogP contribution in [0, 0.1) is 5.92 Å². The number of rotatable bonds is 6. The van der Waals surface area contributed by atoms with Gasteiger partial charge in [0.1, 0.15) is 0 Å². The van der Waals surface area contributed by atoms with E-state index in [0.29, 0.717) is 12.5 Å². The van der Waals surface area contributed by atoms with Crippen molar-refractivity contribution in [3.63, 3.8) is 0 Å². The largest absolute Gasteiger partial charge is 0.354 e. The quantitative estimate of drug-likeness (QED) is 0.871. The van der Waals surface area contributed by atoms with E-state index in [4.69, 9.17) is 0 Å². The Balaban J connectivity index is 1.79. The van der Waals surface area contributed by atoms with E-state index in [2.05, 4.69) is 40.2 Å². The van der Waals surface area contributed by atoms with Crippen LogP contribution in [0.3, 0.4) is 0 Å². The average molecular weight is 325 g/mol. The molecule has 1 aliphatic rings. The second kappa shape index (κ2) is 6.53. The average Bonchev–Trinajstić information content (AvgIpc) is 3.16. The first-order valence-corrected chi connectivity index (χ1v) is 7.53. The van der Waals surface area contributed by atoms with E-state index < -0.39 is 0 Å². The zero-order chi connectivity index (χ0) is 13.8. The number of carbonyl (C=O) groups is 1. The molecule has 4 heteroatoms. The summed E-state index contributed by atoms with van der Waals surface area (Å²) in [5.74, 6) is 0.873. The zero-order valence-corrected chi connectivity index (χ0v) is 13.1. The van der Waals surface area contributed by atoms with Gasteiger partial charge in [-0.2, -0.15) is 0 Å². The Morgan fingerprint density at radius 1 is 1.37 bits per heavy atom. The van der Waals surface area contributed by atoms with Crippen LogP contribution in [0.4, 0.5) is 0 Å². The standard InChI is InChI=1S/C15H21BrN2O/c1-18(2)14(12-5-6-12)10-17-15(19)9-11-3-7-13(16)8-4-11/h3-4,7-8,12,14H,5-6,9-10H2,1-2H3,(H,17,19). The fraction of sp³-hybridized carbons (Fsp3) is 0.533. The van der Waals surface area contributed by atoms with Crippen molar-refractivity contribution in [1.82, 2.24) is 10.2 Å². The summed E-state index contributed by atoms with van der Waals surface area (Å²) in [5.41, 5.74) is 1.05. The van der Waals surface area contributed by atoms with E-state index >= 15 is 0 Å². The van der Waals surface area contributed by atoms with Crippen LogP contribution in [0.2, 0.25) is 0 Å². The zero-order valence-electron chi connectivity index (χ0n) is 11.5. The molecule has 0 spiro atoms. The van der Waals surface area contributed by atoms with E-state index in [1.165, 1.54) is 12.8 Å². The molecule has 3 nitrogen and oxygen atoms in total. The molecular weight excluding hydrogens is 304 g/mol. The molecule has 0 saturated heterocycles. The maximum absolute atomic E-state index is 11.9. The Labute approximate surface area is 123 Å². The van der Waals surface area contributed by atoms with Crippen LogP contribution in [0.1, 0.15) is 18.4 Å². The molecule has 104 valence electrons. The minimum absolute atomic E-state index is 0.106. The van der Waals surface area contributed by atoms with Crippen LogP contribution in [-0.2, 0) is 11.2 Å². The van der Waals surface area contributed by atoms with Gasteiger partial charge >= 0.3 is 0 Å². The van der Waals surface area contributed by atoms with Crippen molar-refractivity contribution in [2.45, 2.75) is 25.3 Å². The van der Waals surface area contributed by atoms with Gasteiger partial charge < -0.3 is 10.2 Å². The summed E-state index contributed by atoms with van der Waals surface area (Å²) < 4.78 is 1.04. The molecule has 1 amide bonds. The monoisotopic (exact) mass is 324 g/mol. The lowest BCUT2D eigenvalue weighted by Gasteiger charge is -2.24. The van der Waals surface area contributed by atoms with E-state index in [9.17, 15) is 4.79 Å². The number of hydrogen-bond acceptors (Lipinski definition) is 2. The first kappa shape index (κ1) is 14.5. The highest BCUT2D eigenvalue weighted by Crippen LogP contribution is 2.34. The molecule has 1 fully saturated rings. The highest BCUT2D eigenvalue weighted by Gasteiger charge is 2.32. The summed E-state index contributed by atoms with van der Waals surface area (Å²) in [6, 6.07) is 8.38. The normalized spacial score (nSPS) is 16.4. The number of nitrogens with one attached hydrogen (secondary N) is 1. The number of benzene rings is 1. The molecule has 0 radical (unpaired) electrons.